The van der Waals surface area contributed by atoms with E-state index in [2.05, 4.69) is 45.1 Å². The highest BCUT2D eigenvalue weighted by atomic mass is 79.9. The van der Waals surface area contributed by atoms with Crippen molar-refractivity contribution in [2.75, 3.05) is 5.32 Å². The predicted molar refractivity (Wildman–Crippen MR) is 83.3 cm³/mol. The van der Waals surface area contributed by atoms with Gasteiger partial charge in [-0.1, -0.05) is 37.6 Å². The van der Waals surface area contributed by atoms with Gasteiger partial charge in [0.1, 0.15) is 16.2 Å². The molecule has 0 atom stereocenters. The van der Waals surface area contributed by atoms with Gasteiger partial charge in [-0.15, -0.1) is 0 Å². The highest BCUT2D eigenvalue weighted by Gasteiger charge is 2.09. The van der Waals surface area contributed by atoms with Crippen molar-refractivity contribution in [3.8, 4) is 0 Å². The molecule has 0 aliphatic rings. The van der Waals surface area contributed by atoms with E-state index in [1.807, 2.05) is 31.2 Å². The number of nitrogens with one attached hydrogen (secondary N) is 1. The molecule has 0 bridgehead atoms. The quantitative estimate of drug-likeness (QED) is 0.793. The van der Waals surface area contributed by atoms with Crippen molar-refractivity contribution in [2.45, 2.75) is 26.7 Å². The molecule has 1 N–H and O–H groups in total. The molecule has 0 spiro atoms. The Hall–Kier alpha value is -1.13. The lowest BCUT2D eigenvalue weighted by atomic mass is 10.2. The van der Waals surface area contributed by atoms with Gasteiger partial charge >= 0.3 is 0 Å². The molecule has 100 valence electrons. The summed E-state index contributed by atoms with van der Waals surface area (Å²) in [6.45, 7) is 6.10. The van der Waals surface area contributed by atoms with E-state index in [-0.39, 0.29) is 5.92 Å². The fraction of sp³-hybridized carbons (Fsp3) is 0.286. The Balaban J connectivity index is 2.35. The number of aromatic nitrogens is 2. The molecule has 0 fully saturated rings. The lowest BCUT2D eigenvalue weighted by Crippen LogP contribution is -2.02. The standard InChI is InChI=1S/C14H15BrClN3/c1-8(2)14-18-11(15)7-12(19-14)17-10-6-4-5-9(3)13(10)16/h4-8H,1-3H3,(H,17,18,19). The van der Waals surface area contributed by atoms with Gasteiger partial charge in [0.15, 0.2) is 0 Å². The van der Waals surface area contributed by atoms with Gasteiger partial charge in [-0.25, -0.2) is 9.97 Å². The van der Waals surface area contributed by atoms with Crippen LogP contribution in [0, 0.1) is 6.92 Å². The number of hydrogen-bond donors (Lipinski definition) is 1. The zero-order chi connectivity index (χ0) is 14.0. The summed E-state index contributed by atoms with van der Waals surface area (Å²) in [6, 6.07) is 7.71. The number of benzene rings is 1. The second-order valence-electron chi connectivity index (χ2n) is 4.65. The van der Waals surface area contributed by atoms with Gasteiger partial charge in [-0.2, -0.15) is 0 Å². The molecule has 0 aliphatic carbocycles. The number of hydrogen-bond acceptors (Lipinski definition) is 3. The van der Waals surface area contributed by atoms with Crippen molar-refractivity contribution in [1.29, 1.82) is 0 Å². The highest BCUT2D eigenvalue weighted by molar-refractivity contribution is 9.10. The maximum atomic E-state index is 6.27. The van der Waals surface area contributed by atoms with Crippen LogP contribution in [0.15, 0.2) is 28.9 Å². The summed E-state index contributed by atoms with van der Waals surface area (Å²) in [6.07, 6.45) is 0. The van der Waals surface area contributed by atoms with Gasteiger partial charge < -0.3 is 5.32 Å². The molecule has 3 nitrogen and oxygen atoms in total. The summed E-state index contributed by atoms with van der Waals surface area (Å²) in [5.74, 6) is 1.80. The minimum Gasteiger partial charge on any atom is -0.339 e. The molecule has 2 aromatic rings. The third kappa shape index (κ3) is 3.45. The monoisotopic (exact) mass is 339 g/mol. The summed E-state index contributed by atoms with van der Waals surface area (Å²) in [7, 11) is 0. The Morgan fingerprint density at radius 3 is 2.68 bits per heavy atom. The first-order valence-corrected chi connectivity index (χ1v) is 7.21. The van der Waals surface area contributed by atoms with Crippen LogP contribution in [-0.2, 0) is 0 Å². The zero-order valence-electron chi connectivity index (χ0n) is 11.0. The number of rotatable bonds is 3. The number of anilines is 2. The van der Waals surface area contributed by atoms with Crippen LogP contribution in [0.4, 0.5) is 11.5 Å². The largest absolute Gasteiger partial charge is 0.339 e. The van der Waals surface area contributed by atoms with Crippen LogP contribution in [0.25, 0.3) is 0 Å². The average molecular weight is 341 g/mol. The van der Waals surface area contributed by atoms with Gasteiger partial charge in [0, 0.05) is 12.0 Å². The Morgan fingerprint density at radius 1 is 1.26 bits per heavy atom. The van der Waals surface area contributed by atoms with Crippen LogP contribution in [0.5, 0.6) is 0 Å². The summed E-state index contributed by atoms with van der Waals surface area (Å²) in [4.78, 5) is 8.84. The molecular weight excluding hydrogens is 326 g/mol. The third-order valence-electron chi connectivity index (χ3n) is 2.68. The maximum absolute atomic E-state index is 6.27. The highest BCUT2D eigenvalue weighted by Crippen LogP contribution is 2.28. The van der Waals surface area contributed by atoms with Gasteiger partial charge in [0.05, 0.1) is 10.7 Å². The first-order chi connectivity index (χ1) is 8.97. The second-order valence-corrected chi connectivity index (χ2v) is 5.84. The van der Waals surface area contributed by atoms with E-state index >= 15 is 0 Å². The lowest BCUT2D eigenvalue weighted by Gasteiger charge is -2.11. The van der Waals surface area contributed by atoms with Crippen LogP contribution in [0.1, 0.15) is 31.2 Å². The number of aryl methyl sites for hydroxylation is 1. The fourth-order valence-corrected chi connectivity index (χ4v) is 2.21. The Kier molecular flexibility index (Phi) is 4.42. The topological polar surface area (TPSA) is 37.8 Å². The van der Waals surface area contributed by atoms with Crippen LogP contribution < -0.4 is 5.32 Å². The van der Waals surface area contributed by atoms with Crippen molar-refractivity contribution in [2.24, 2.45) is 0 Å². The zero-order valence-corrected chi connectivity index (χ0v) is 13.4. The first kappa shape index (κ1) is 14.3. The van der Waals surface area contributed by atoms with Gasteiger partial charge in [0.2, 0.25) is 0 Å². The maximum Gasteiger partial charge on any atom is 0.135 e. The summed E-state index contributed by atoms with van der Waals surface area (Å²) in [5.41, 5.74) is 1.88. The molecule has 1 heterocycles. The molecule has 0 unspecified atom stereocenters. The Labute approximate surface area is 126 Å². The van der Waals surface area contributed by atoms with Crippen LogP contribution in [0.3, 0.4) is 0 Å². The number of nitrogens with zero attached hydrogens (tertiary/aromatic N) is 2. The van der Waals surface area contributed by atoms with Crippen LogP contribution in [0.2, 0.25) is 5.02 Å². The van der Waals surface area contributed by atoms with E-state index in [1.165, 1.54) is 0 Å². The second kappa shape index (κ2) is 5.88. The molecule has 2 rings (SSSR count). The van der Waals surface area contributed by atoms with Crippen molar-refractivity contribution in [3.63, 3.8) is 0 Å². The molecular formula is C14H15BrClN3. The molecule has 5 heteroatoms. The smallest absolute Gasteiger partial charge is 0.135 e. The Bertz CT molecular complexity index is 599. The molecule has 0 aliphatic heterocycles. The van der Waals surface area contributed by atoms with Crippen molar-refractivity contribution >= 4 is 39.0 Å². The van der Waals surface area contributed by atoms with E-state index in [4.69, 9.17) is 11.6 Å². The summed E-state index contributed by atoms with van der Waals surface area (Å²) < 4.78 is 0.762. The third-order valence-corrected chi connectivity index (χ3v) is 3.59. The molecule has 0 radical (unpaired) electrons. The van der Waals surface area contributed by atoms with E-state index in [1.54, 1.807) is 0 Å². The SMILES string of the molecule is Cc1cccc(Nc2cc(Br)nc(C(C)C)n2)c1Cl. The van der Waals surface area contributed by atoms with E-state index in [0.717, 1.165) is 27.5 Å². The van der Waals surface area contributed by atoms with Crippen LogP contribution >= 0.6 is 27.5 Å². The predicted octanol–water partition coefficient (Wildman–Crippen LogP) is 5.07. The van der Waals surface area contributed by atoms with Gasteiger partial charge in [-0.3, -0.25) is 0 Å². The average Bonchev–Trinajstić information content (AvgIpc) is 2.34. The fourth-order valence-electron chi connectivity index (χ4n) is 1.64. The van der Waals surface area contributed by atoms with E-state index in [0.29, 0.717) is 5.02 Å². The normalized spacial score (nSPS) is 10.8. The summed E-state index contributed by atoms with van der Waals surface area (Å²) in [5, 5.41) is 3.95. The van der Waals surface area contributed by atoms with Crippen LogP contribution in [-0.4, -0.2) is 9.97 Å². The molecule has 1 aromatic carbocycles. The number of halogens is 2. The molecule has 0 saturated heterocycles. The minimum atomic E-state index is 0.269. The summed E-state index contributed by atoms with van der Waals surface area (Å²) >= 11 is 9.67. The molecule has 0 saturated carbocycles. The van der Waals surface area contributed by atoms with E-state index in [9.17, 15) is 0 Å². The van der Waals surface area contributed by atoms with Gasteiger partial charge in [0.25, 0.3) is 0 Å². The molecule has 0 amide bonds. The Morgan fingerprint density at radius 2 is 2.00 bits per heavy atom. The van der Waals surface area contributed by atoms with Crippen molar-refractivity contribution < 1.29 is 0 Å². The van der Waals surface area contributed by atoms with Gasteiger partial charge in [-0.05, 0) is 34.5 Å². The van der Waals surface area contributed by atoms with E-state index < -0.39 is 0 Å². The molecule has 1 aromatic heterocycles. The van der Waals surface area contributed by atoms with Crippen molar-refractivity contribution in [1.82, 2.24) is 9.97 Å². The van der Waals surface area contributed by atoms with Crippen molar-refractivity contribution in [3.05, 3.63) is 45.3 Å². The molecule has 19 heavy (non-hydrogen) atoms. The lowest BCUT2D eigenvalue weighted by molar-refractivity contribution is 0.771. The first-order valence-electron chi connectivity index (χ1n) is 6.04. The minimum absolute atomic E-state index is 0.269.